The molecule has 0 amide bonds. The number of benzene rings is 1. The second kappa shape index (κ2) is 6.97. The predicted octanol–water partition coefficient (Wildman–Crippen LogP) is 2.80. The third kappa shape index (κ3) is 4.53. The Morgan fingerprint density at radius 1 is 1.15 bits per heavy atom. The zero-order valence-electron chi connectivity index (χ0n) is 14.8. The molecule has 2 aromatic heterocycles. The van der Waals surface area contributed by atoms with E-state index in [-0.39, 0.29) is 10.8 Å². The van der Waals surface area contributed by atoms with Gasteiger partial charge in [-0.3, -0.25) is 4.98 Å². The van der Waals surface area contributed by atoms with Crippen LogP contribution in [0.5, 0.6) is 0 Å². The molecule has 0 spiro atoms. The zero-order valence-corrected chi connectivity index (χ0v) is 15.6. The highest BCUT2D eigenvalue weighted by atomic mass is 32.2. The van der Waals surface area contributed by atoms with E-state index in [0.29, 0.717) is 17.8 Å². The quantitative estimate of drug-likeness (QED) is 0.739. The van der Waals surface area contributed by atoms with Crippen molar-refractivity contribution in [3.05, 3.63) is 60.2 Å². The summed E-state index contributed by atoms with van der Waals surface area (Å²) in [7, 11) is -3.64. The van der Waals surface area contributed by atoms with Crippen LogP contribution in [0.4, 0.5) is 0 Å². The summed E-state index contributed by atoms with van der Waals surface area (Å²) in [4.78, 5) is 8.56. The lowest BCUT2D eigenvalue weighted by Crippen LogP contribution is -2.40. The van der Waals surface area contributed by atoms with Crippen molar-refractivity contribution in [1.82, 2.24) is 19.8 Å². The van der Waals surface area contributed by atoms with Crippen molar-refractivity contribution in [1.29, 1.82) is 0 Å². The van der Waals surface area contributed by atoms with E-state index in [1.165, 1.54) is 12.1 Å². The van der Waals surface area contributed by atoms with Gasteiger partial charge < -0.3 is 4.52 Å². The van der Waals surface area contributed by atoms with Crippen molar-refractivity contribution < 1.29 is 12.9 Å². The molecule has 0 aliphatic rings. The molecule has 0 saturated carbocycles. The molecule has 7 nitrogen and oxygen atoms in total. The second-order valence-electron chi connectivity index (χ2n) is 6.94. The van der Waals surface area contributed by atoms with E-state index in [4.69, 9.17) is 4.52 Å². The normalized spacial score (nSPS) is 12.3. The van der Waals surface area contributed by atoms with E-state index in [0.717, 1.165) is 5.56 Å². The molecule has 0 atom stereocenters. The van der Waals surface area contributed by atoms with Gasteiger partial charge in [-0.2, -0.15) is 4.98 Å². The maximum atomic E-state index is 12.5. The number of nitrogens with one attached hydrogen (secondary N) is 1. The summed E-state index contributed by atoms with van der Waals surface area (Å²) < 4.78 is 32.9. The van der Waals surface area contributed by atoms with Gasteiger partial charge in [0.05, 0.1) is 4.90 Å². The smallest absolute Gasteiger partial charge is 0.257 e. The minimum absolute atomic E-state index is 0.150. The van der Waals surface area contributed by atoms with E-state index in [9.17, 15) is 8.42 Å². The molecule has 2 heterocycles. The summed E-state index contributed by atoms with van der Waals surface area (Å²) in [6.45, 7) is 5.37. The lowest BCUT2D eigenvalue weighted by Gasteiger charge is -2.20. The van der Waals surface area contributed by atoms with Crippen molar-refractivity contribution in [3.63, 3.8) is 0 Å². The maximum absolute atomic E-state index is 12.5. The molecule has 26 heavy (non-hydrogen) atoms. The first-order chi connectivity index (χ1) is 12.2. The number of sulfonamides is 1. The molecule has 8 heteroatoms. The Balaban J connectivity index is 1.85. The van der Waals surface area contributed by atoms with Crippen LogP contribution in [0.15, 0.2) is 58.2 Å². The number of aromatic nitrogens is 3. The number of rotatable bonds is 5. The summed E-state index contributed by atoms with van der Waals surface area (Å²) in [5.74, 6) is 0.783. The van der Waals surface area contributed by atoms with Gasteiger partial charge >= 0.3 is 0 Å². The molecule has 1 N–H and O–H groups in total. The van der Waals surface area contributed by atoms with Gasteiger partial charge in [0, 0.05) is 29.9 Å². The fraction of sp³-hybridized carbons (Fsp3) is 0.278. The number of pyridine rings is 1. The molecule has 136 valence electrons. The van der Waals surface area contributed by atoms with Crippen LogP contribution in [0.1, 0.15) is 32.2 Å². The van der Waals surface area contributed by atoms with E-state index < -0.39 is 15.6 Å². The van der Waals surface area contributed by atoms with E-state index in [2.05, 4.69) is 19.8 Å². The first-order valence-electron chi connectivity index (χ1n) is 8.09. The fourth-order valence-corrected chi connectivity index (χ4v) is 3.85. The zero-order chi connectivity index (χ0) is 18.8. The van der Waals surface area contributed by atoms with Crippen LogP contribution in [-0.2, 0) is 16.4 Å². The van der Waals surface area contributed by atoms with Crippen LogP contribution < -0.4 is 4.72 Å². The van der Waals surface area contributed by atoms with Crippen molar-refractivity contribution in [2.45, 2.75) is 37.6 Å². The van der Waals surface area contributed by atoms with Crippen molar-refractivity contribution in [2.75, 3.05) is 0 Å². The third-order valence-electron chi connectivity index (χ3n) is 3.38. The van der Waals surface area contributed by atoms with Crippen molar-refractivity contribution >= 4 is 10.0 Å². The second-order valence-corrected chi connectivity index (χ2v) is 8.62. The fourth-order valence-electron chi connectivity index (χ4n) is 2.39. The van der Waals surface area contributed by atoms with Crippen molar-refractivity contribution in [3.8, 4) is 11.5 Å². The summed E-state index contributed by atoms with van der Waals surface area (Å²) in [5, 5.41) is 3.96. The molecule has 0 saturated heterocycles. The Hall–Kier alpha value is -2.58. The highest BCUT2D eigenvalue weighted by molar-refractivity contribution is 7.89. The largest absolute Gasteiger partial charge is 0.334 e. The summed E-state index contributed by atoms with van der Waals surface area (Å²) >= 11 is 0. The van der Waals surface area contributed by atoms with Crippen LogP contribution in [0.2, 0.25) is 0 Å². The predicted molar refractivity (Wildman–Crippen MR) is 96.9 cm³/mol. The van der Waals surface area contributed by atoms with Gasteiger partial charge in [0.25, 0.3) is 5.89 Å². The first kappa shape index (κ1) is 18.2. The first-order valence-corrected chi connectivity index (χ1v) is 9.57. The van der Waals surface area contributed by atoms with Crippen molar-refractivity contribution in [2.24, 2.45) is 0 Å². The lowest BCUT2D eigenvalue weighted by atomic mass is 10.1. The molecule has 1 aromatic carbocycles. The summed E-state index contributed by atoms with van der Waals surface area (Å²) in [6.07, 6.45) is 3.92. The maximum Gasteiger partial charge on any atom is 0.257 e. The third-order valence-corrected chi connectivity index (χ3v) is 5.14. The molecule has 3 rings (SSSR count). The lowest BCUT2D eigenvalue weighted by molar-refractivity contribution is 0.424. The molecule has 3 aromatic rings. The molecule has 0 bridgehead atoms. The van der Waals surface area contributed by atoms with E-state index in [1.807, 2.05) is 12.1 Å². The van der Waals surface area contributed by atoms with Gasteiger partial charge in [-0.1, -0.05) is 17.3 Å². The molecule has 0 aliphatic carbocycles. The molecular formula is C18H20N4O3S. The monoisotopic (exact) mass is 372 g/mol. The van der Waals surface area contributed by atoms with Gasteiger partial charge in [0.15, 0.2) is 5.82 Å². The van der Waals surface area contributed by atoms with Crippen LogP contribution >= 0.6 is 0 Å². The molecule has 0 unspecified atom stereocenters. The number of hydrogen-bond acceptors (Lipinski definition) is 6. The molecular weight excluding hydrogens is 352 g/mol. The van der Waals surface area contributed by atoms with Gasteiger partial charge in [0.2, 0.25) is 10.0 Å². The molecule has 0 radical (unpaired) electrons. The van der Waals surface area contributed by atoms with Crippen LogP contribution in [-0.4, -0.2) is 29.1 Å². The minimum Gasteiger partial charge on any atom is -0.334 e. The van der Waals surface area contributed by atoms with Gasteiger partial charge in [0.1, 0.15) is 0 Å². The molecule has 0 fully saturated rings. The number of nitrogens with zero attached hydrogens (tertiary/aromatic N) is 3. The topological polar surface area (TPSA) is 98.0 Å². The van der Waals surface area contributed by atoms with Crippen LogP contribution in [0.3, 0.4) is 0 Å². The van der Waals surface area contributed by atoms with Crippen LogP contribution in [0.25, 0.3) is 11.5 Å². The Kier molecular flexibility index (Phi) is 4.88. The summed E-state index contributed by atoms with van der Waals surface area (Å²) in [6, 6.07) is 10.2. The number of hydrogen-bond donors (Lipinski definition) is 1. The van der Waals surface area contributed by atoms with Gasteiger partial charge in [-0.25, -0.2) is 13.1 Å². The highest BCUT2D eigenvalue weighted by Gasteiger charge is 2.22. The highest BCUT2D eigenvalue weighted by Crippen LogP contribution is 2.22. The van der Waals surface area contributed by atoms with E-state index in [1.54, 1.807) is 45.3 Å². The Morgan fingerprint density at radius 3 is 2.65 bits per heavy atom. The average molecular weight is 372 g/mol. The average Bonchev–Trinajstić information content (AvgIpc) is 3.02. The Bertz CT molecular complexity index is 993. The van der Waals surface area contributed by atoms with Gasteiger partial charge in [-0.05, 0) is 50.6 Å². The summed E-state index contributed by atoms with van der Waals surface area (Å²) in [5.41, 5.74) is 0.938. The van der Waals surface area contributed by atoms with Gasteiger partial charge in [-0.15, -0.1) is 0 Å². The minimum atomic E-state index is -3.64. The SMILES string of the molecule is CC(C)(C)NS(=O)(=O)c1cccc(-c2nc(Cc3cccnc3)no2)c1. The molecule has 0 aliphatic heterocycles. The van der Waals surface area contributed by atoms with Crippen LogP contribution in [0, 0.1) is 0 Å². The standard InChI is InChI=1S/C18H20N4O3S/c1-18(2,3)22-26(23,24)15-8-4-7-14(11-15)17-20-16(21-25-17)10-13-6-5-9-19-12-13/h4-9,11-12,22H,10H2,1-3H3. The van der Waals surface area contributed by atoms with E-state index >= 15 is 0 Å². The Labute approximate surface area is 152 Å². The Morgan fingerprint density at radius 2 is 1.96 bits per heavy atom.